The predicted octanol–water partition coefficient (Wildman–Crippen LogP) is 4.22. The Morgan fingerprint density at radius 2 is 1.96 bits per heavy atom. The third kappa shape index (κ3) is 5.63. The SMILES string of the molecule is COc1cc(C(C)NC(=O)CC(C)C2CCCNC2)ccc1OC1CCCC1. The van der Waals surface area contributed by atoms with Gasteiger partial charge in [0, 0.05) is 6.42 Å². The van der Waals surface area contributed by atoms with Gasteiger partial charge in [0.2, 0.25) is 5.91 Å². The van der Waals surface area contributed by atoms with Crippen molar-refractivity contribution in [2.24, 2.45) is 11.8 Å². The van der Waals surface area contributed by atoms with Gasteiger partial charge in [-0.05, 0) is 88.1 Å². The van der Waals surface area contributed by atoms with Gasteiger partial charge in [-0.1, -0.05) is 13.0 Å². The number of ether oxygens (including phenoxy) is 2. The maximum absolute atomic E-state index is 12.5. The van der Waals surface area contributed by atoms with E-state index in [1.165, 1.54) is 25.7 Å². The third-order valence-corrected chi connectivity index (χ3v) is 6.31. The van der Waals surface area contributed by atoms with E-state index >= 15 is 0 Å². The van der Waals surface area contributed by atoms with Gasteiger partial charge < -0.3 is 20.1 Å². The quantitative estimate of drug-likeness (QED) is 0.700. The lowest BCUT2D eigenvalue weighted by Crippen LogP contribution is -2.36. The minimum atomic E-state index is -0.0568. The van der Waals surface area contributed by atoms with Crippen molar-refractivity contribution in [3.8, 4) is 11.5 Å². The Bertz CT molecular complexity index is 637. The van der Waals surface area contributed by atoms with Gasteiger partial charge in [0.1, 0.15) is 0 Å². The van der Waals surface area contributed by atoms with Gasteiger partial charge in [-0.15, -0.1) is 0 Å². The van der Waals surface area contributed by atoms with Crippen LogP contribution in [-0.4, -0.2) is 32.2 Å². The summed E-state index contributed by atoms with van der Waals surface area (Å²) < 4.78 is 11.7. The predicted molar refractivity (Wildman–Crippen MR) is 112 cm³/mol. The van der Waals surface area contributed by atoms with Crippen molar-refractivity contribution in [1.82, 2.24) is 10.6 Å². The first-order chi connectivity index (χ1) is 13.6. The fraction of sp³-hybridized carbons (Fsp3) is 0.696. The van der Waals surface area contributed by atoms with E-state index in [9.17, 15) is 4.79 Å². The largest absolute Gasteiger partial charge is 0.493 e. The summed E-state index contributed by atoms with van der Waals surface area (Å²) in [6, 6.07) is 5.94. The molecule has 1 aromatic carbocycles. The minimum absolute atomic E-state index is 0.0568. The Morgan fingerprint density at radius 1 is 1.18 bits per heavy atom. The van der Waals surface area contributed by atoms with Gasteiger partial charge >= 0.3 is 0 Å². The lowest BCUT2D eigenvalue weighted by atomic mass is 9.85. The molecule has 156 valence electrons. The van der Waals surface area contributed by atoms with Crippen LogP contribution in [0.4, 0.5) is 0 Å². The molecule has 0 bridgehead atoms. The normalized spacial score (nSPS) is 22.5. The lowest BCUT2D eigenvalue weighted by molar-refractivity contribution is -0.123. The molecule has 28 heavy (non-hydrogen) atoms. The van der Waals surface area contributed by atoms with Crippen LogP contribution in [0.1, 0.15) is 70.4 Å². The number of hydrogen-bond donors (Lipinski definition) is 2. The van der Waals surface area contributed by atoms with Gasteiger partial charge in [-0.25, -0.2) is 0 Å². The highest BCUT2D eigenvalue weighted by Gasteiger charge is 2.23. The summed E-state index contributed by atoms with van der Waals surface area (Å²) in [6.07, 6.45) is 8.02. The molecule has 1 amide bonds. The zero-order chi connectivity index (χ0) is 19.9. The molecule has 0 spiro atoms. The molecule has 3 atom stereocenters. The Morgan fingerprint density at radius 3 is 2.64 bits per heavy atom. The Kier molecular flexibility index (Phi) is 7.60. The van der Waals surface area contributed by atoms with E-state index in [2.05, 4.69) is 17.6 Å². The fourth-order valence-corrected chi connectivity index (χ4v) is 4.44. The summed E-state index contributed by atoms with van der Waals surface area (Å²) in [6.45, 7) is 6.36. The molecule has 5 heteroatoms. The highest BCUT2D eigenvalue weighted by molar-refractivity contribution is 5.76. The van der Waals surface area contributed by atoms with Crippen LogP contribution in [0, 0.1) is 11.8 Å². The molecule has 2 aliphatic rings. The van der Waals surface area contributed by atoms with Crippen molar-refractivity contribution >= 4 is 5.91 Å². The molecule has 1 aromatic rings. The summed E-state index contributed by atoms with van der Waals surface area (Å²) in [4.78, 5) is 12.5. The van der Waals surface area contributed by atoms with E-state index in [1.54, 1.807) is 7.11 Å². The Hall–Kier alpha value is -1.75. The maximum Gasteiger partial charge on any atom is 0.220 e. The molecule has 1 heterocycles. The third-order valence-electron chi connectivity index (χ3n) is 6.31. The molecular weight excluding hydrogens is 352 g/mol. The first-order valence-corrected chi connectivity index (χ1v) is 10.9. The highest BCUT2D eigenvalue weighted by atomic mass is 16.5. The topological polar surface area (TPSA) is 59.6 Å². The zero-order valence-electron chi connectivity index (χ0n) is 17.6. The number of methoxy groups -OCH3 is 1. The molecule has 1 saturated carbocycles. The summed E-state index contributed by atoms with van der Waals surface area (Å²) >= 11 is 0. The lowest BCUT2D eigenvalue weighted by Gasteiger charge is -2.28. The number of rotatable bonds is 8. The Labute approximate surface area is 169 Å². The number of amides is 1. The van der Waals surface area contributed by atoms with Crippen molar-refractivity contribution in [1.29, 1.82) is 0 Å². The highest BCUT2D eigenvalue weighted by Crippen LogP contribution is 2.34. The van der Waals surface area contributed by atoms with Crippen molar-refractivity contribution in [3.63, 3.8) is 0 Å². The Balaban J connectivity index is 1.55. The summed E-state index contributed by atoms with van der Waals surface area (Å²) in [5.41, 5.74) is 1.04. The van der Waals surface area contributed by atoms with Crippen molar-refractivity contribution < 1.29 is 14.3 Å². The minimum Gasteiger partial charge on any atom is -0.493 e. The van der Waals surface area contributed by atoms with E-state index in [0.29, 0.717) is 24.4 Å². The molecule has 2 fully saturated rings. The van der Waals surface area contributed by atoms with E-state index in [0.717, 1.165) is 43.0 Å². The van der Waals surface area contributed by atoms with E-state index in [4.69, 9.17) is 9.47 Å². The second-order valence-corrected chi connectivity index (χ2v) is 8.51. The van der Waals surface area contributed by atoms with Crippen LogP contribution in [-0.2, 0) is 4.79 Å². The van der Waals surface area contributed by atoms with Gasteiger partial charge in [-0.2, -0.15) is 0 Å². The number of piperidine rings is 1. The van der Waals surface area contributed by atoms with E-state index < -0.39 is 0 Å². The molecule has 0 aromatic heterocycles. The number of benzene rings is 1. The summed E-state index contributed by atoms with van der Waals surface area (Å²) in [5, 5.41) is 6.60. The number of carbonyl (C=O) groups excluding carboxylic acids is 1. The second-order valence-electron chi connectivity index (χ2n) is 8.51. The molecular formula is C23H36N2O3. The number of carbonyl (C=O) groups is 1. The zero-order valence-corrected chi connectivity index (χ0v) is 17.6. The first kappa shape index (κ1) is 21.0. The van der Waals surface area contributed by atoms with Crippen molar-refractivity contribution in [2.45, 2.75) is 70.9 Å². The van der Waals surface area contributed by atoms with Gasteiger partial charge in [0.15, 0.2) is 11.5 Å². The standard InChI is InChI=1S/C23H36N2O3/c1-16(19-7-6-12-24-15-19)13-23(26)25-17(2)18-10-11-21(22(14-18)27-3)28-20-8-4-5-9-20/h10-11,14,16-17,19-20,24H,4-9,12-13,15H2,1-3H3,(H,25,26). The molecule has 5 nitrogen and oxygen atoms in total. The second kappa shape index (κ2) is 10.1. The molecule has 1 aliphatic heterocycles. The average molecular weight is 389 g/mol. The molecule has 2 N–H and O–H groups in total. The van der Waals surface area contributed by atoms with Crippen LogP contribution in [0.15, 0.2) is 18.2 Å². The van der Waals surface area contributed by atoms with Crippen molar-refractivity contribution in [2.75, 3.05) is 20.2 Å². The van der Waals surface area contributed by atoms with Crippen LogP contribution >= 0.6 is 0 Å². The van der Waals surface area contributed by atoms with Gasteiger partial charge in [0.05, 0.1) is 19.3 Å². The molecule has 1 aliphatic carbocycles. The monoisotopic (exact) mass is 388 g/mol. The van der Waals surface area contributed by atoms with Gasteiger partial charge in [0.25, 0.3) is 0 Å². The number of nitrogens with one attached hydrogen (secondary N) is 2. The maximum atomic E-state index is 12.5. The summed E-state index contributed by atoms with van der Waals surface area (Å²) in [5.74, 6) is 2.66. The van der Waals surface area contributed by atoms with Crippen LogP contribution in [0.25, 0.3) is 0 Å². The van der Waals surface area contributed by atoms with Crippen LogP contribution in [0.3, 0.4) is 0 Å². The van der Waals surface area contributed by atoms with E-state index in [1.807, 2.05) is 25.1 Å². The van der Waals surface area contributed by atoms with Gasteiger partial charge in [-0.3, -0.25) is 4.79 Å². The number of hydrogen-bond acceptors (Lipinski definition) is 4. The molecule has 0 radical (unpaired) electrons. The van der Waals surface area contributed by atoms with Crippen LogP contribution < -0.4 is 20.1 Å². The van der Waals surface area contributed by atoms with Crippen LogP contribution in [0.2, 0.25) is 0 Å². The smallest absolute Gasteiger partial charge is 0.220 e. The molecule has 3 rings (SSSR count). The van der Waals surface area contributed by atoms with E-state index in [-0.39, 0.29) is 11.9 Å². The fourth-order valence-electron chi connectivity index (χ4n) is 4.44. The molecule has 3 unspecified atom stereocenters. The molecule has 1 saturated heterocycles. The van der Waals surface area contributed by atoms with Crippen molar-refractivity contribution in [3.05, 3.63) is 23.8 Å². The summed E-state index contributed by atoms with van der Waals surface area (Å²) in [7, 11) is 1.67. The average Bonchev–Trinajstić information content (AvgIpc) is 3.21. The van der Waals surface area contributed by atoms with Crippen LogP contribution in [0.5, 0.6) is 11.5 Å². The first-order valence-electron chi connectivity index (χ1n) is 10.9.